The topological polar surface area (TPSA) is 41.6 Å². The summed E-state index contributed by atoms with van der Waals surface area (Å²) in [5, 5.41) is 3.97. The van der Waals surface area contributed by atoms with E-state index in [1.54, 1.807) is 4.90 Å². The molecular formula is C18H29ClN2O2. The van der Waals surface area contributed by atoms with Gasteiger partial charge in [0.15, 0.2) is 0 Å². The molecule has 0 radical (unpaired) electrons. The van der Waals surface area contributed by atoms with Gasteiger partial charge in [-0.2, -0.15) is 0 Å². The zero-order chi connectivity index (χ0) is 17.8. The molecule has 1 aromatic rings. The summed E-state index contributed by atoms with van der Waals surface area (Å²) in [6, 6.07) is 5.83. The van der Waals surface area contributed by atoms with Crippen LogP contribution in [0, 0.1) is 6.92 Å². The van der Waals surface area contributed by atoms with Crippen LogP contribution in [0.2, 0.25) is 5.02 Å². The fourth-order valence-electron chi connectivity index (χ4n) is 2.09. The van der Waals surface area contributed by atoms with Crippen LogP contribution in [0.1, 0.15) is 47.1 Å². The van der Waals surface area contributed by atoms with Gasteiger partial charge in [-0.3, -0.25) is 0 Å². The average Bonchev–Trinajstić information content (AvgIpc) is 2.34. The summed E-state index contributed by atoms with van der Waals surface area (Å²) in [7, 11) is 0. The molecule has 0 fully saturated rings. The summed E-state index contributed by atoms with van der Waals surface area (Å²) in [5.41, 5.74) is 1.19. The number of nitrogens with zero attached hydrogens (tertiary/aromatic N) is 1. The van der Waals surface area contributed by atoms with E-state index in [1.807, 2.05) is 66.7 Å². The molecule has 0 atom stereocenters. The van der Waals surface area contributed by atoms with Gasteiger partial charge in [0.25, 0.3) is 0 Å². The first-order valence-electron chi connectivity index (χ1n) is 7.91. The lowest BCUT2D eigenvalue weighted by Crippen LogP contribution is -2.49. The van der Waals surface area contributed by atoms with Crippen LogP contribution in [-0.4, -0.2) is 35.2 Å². The number of nitrogens with one attached hydrogen (secondary N) is 1. The largest absolute Gasteiger partial charge is 0.444 e. The minimum Gasteiger partial charge on any atom is -0.444 e. The Morgan fingerprint density at radius 2 is 1.83 bits per heavy atom. The SMILES string of the molecule is Cc1ccc(Cl)c(NCCN(C(=O)OC(C)(C)C)C(C)(C)C)c1. The normalized spacial score (nSPS) is 12.0. The Morgan fingerprint density at radius 3 is 2.35 bits per heavy atom. The van der Waals surface area contributed by atoms with Crippen molar-refractivity contribution < 1.29 is 9.53 Å². The molecule has 0 aliphatic rings. The molecule has 0 unspecified atom stereocenters. The monoisotopic (exact) mass is 340 g/mol. The Balaban J connectivity index is 2.72. The molecule has 0 aromatic heterocycles. The van der Waals surface area contributed by atoms with Gasteiger partial charge in [-0.15, -0.1) is 0 Å². The fraction of sp³-hybridized carbons (Fsp3) is 0.611. The van der Waals surface area contributed by atoms with E-state index in [0.29, 0.717) is 18.1 Å². The molecule has 5 heteroatoms. The standard InChI is InChI=1S/C18H29ClN2O2/c1-13-8-9-14(19)15(12-13)20-10-11-21(17(2,3)4)16(22)23-18(5,6)7/h8-9,12,20H,10-11H2,1-7H3. The van der Waals surface area contributed by atoms with Crippen molar-refractivity contribution in [2.75, 3.05) is 18.4 Å². The highest BCUT2D eigenvalue weighted by atomic mass is 35.5. The van der Waals surface area contributed by atoms with Crippen LogP contribution in [0.5, 0.6) is 0 Å². The van der Waals surface area contributed by atoms with E-state index >= 15 is 0 Å². The van der Waals surface area contributed by atoms with Crippen LogP contribution in [0.4, 0.5) is 10.5 Å². The predicted octanol–water partition coefficient (Wildman–Crippen LogP) is 5.10. The molecule has 1 rings (SSSR count). The summed E-state index contributed by atoms with van der Waals surface area (Å²) >= 11 is 6.18. The molecule has 0 aliphatic carbocycles. The van der Waals surface area contributed by atoms with Crippen LogP contribution in [0.15, 0.2) is 18.2 Å². The third-order valence-corrected chi connectivity index (χ3v) is 3.53. The van der Waals surface area contributed by atoms with Gasteiger partial charge in [-0.25, -0.2) is 4.79 Å². The lowest BCUT2D eigenvalue weighted by molar-refractivity contribution is 0.00749. The van der Waals surface area contributed by atoms with Crippen molar-refractivity contribution in [3.63, 3.8) is 0 Å². The number of hydrogen-bond acceptors (Lipinski definition) is 3. The minimum atomic E-state index is -0.506. The molecule has 0 heterocycles. The van der Waals surface area contributed by atoms with Gasteiger partial charge in [0.2, 0.25) is 0 Å². The van der Waals surface area contributed by atoms with E-state index in [2.05, 4.69) is 5.32 Å². The van der Waals surface area contributed by atoms with Crippen molar-refractivity contribution in [2.45, 2.75) is 59.6 Å². The van der Waals surface area contributed by atoms with Crippen molar-refractivity contribution in [1.82, 2.24) is 4.90 Å². The first-order valence-corrected chi connectivity index (χ1v) is 8.28. The van der Waals surface area contributed by atoms with Crippen molar-refractivity contribution in [1.29, 1.82) is 0 Å². The number of aryl methyl sites for hydroxylation is 1. The van der Waals surface area contributed by atoms with Crippen molar-refractivity contribution in [2.24, 2.45) is 0 Å². The van der Waals surface area contributed by atoms with Gasteiger partial charge in [0.05, 0.1) is 10.7 Å². The first kappa shape index (κ1) is 19.6. The number of amides is 1. The molecule has 0 spiro atoms. The number of halogens is 1. The summed E-state index contributed by atoms with van der Waals surface area (Å²) in [6.45, 7) is 14.7. The second-order valence-electron chi connectivity index (χ2n) is 7.71. The van der Waals surface area contributed by atoms with Crippen LogP contribution < -0.4 is 5.32 Å². The van der Waals surface area contributed by atoms with Gasteiger partial charge in [0.1, 0.15) is 5.60 Å². The smallest absolute Gasteiger partial charge is 0.410 e. The summed E-state index contributed by atoms with van der Waals surface area (Å²) in [6.07, 6.45) is -0.304. The van der Waals surface area contributed by atoms with Crippen LogP contribution in [-0.2, 0) is 4.74 Å². The van der Waals surface area contributed by atoms with Crippen LogP contribution in [0.25, 0.3) is 0 Å². The van der Waals surface area contributed by atoms with E-state index in [0.717, 1.165) is 11.3 Å². The van der Waals surface area contributed by atoms with E-state index in [4.69, 9.17) is 16.3 Å². The number of benzene rings is 1. The Labute approximate surface area is 145 Å². The first-order chi connectivity index (χ1) is 10.4. The summed E-state index contributed by atoms with van der Waals surface area (Å²) < 4.78 is 5.51. The zero-order valence-electron chi connectivity index (χ0n) is 15.3. The Hall–Kier alpha value is -1.42. The van der Waals surface area contributed by atoms with E-state index < -0.39 is 5.60 Å². The maximum absolute atomic E-state index is 12.4. The zero-order valence-corrected chi connectivity index (χ0v) is 16.0. The number of rotatable bonds is 4. The maximum atomic E-state index is 12.4. The van der Waals surface area contributed by atoms with Crippen LogP contribution >= 0.6 is 11.6 Å². The average molecular weight is 341 g/mol. The molecule has 0 aliphatic heterocycles. The molecular weight excluding hydrogens is 312 g/mol. The van der Waals surface area contributed by atoms with Gasteiger partial charge >= 0.3 is 6.09 Å². The Bertz CT molecular complexity index is 545. The fourth-order valence-corrected chi connectivity index (χ4v) is 2.28. The molecule has 1 aromatic carbocycles. The molecule has 0 saturated carbocycles. The van der Waals surface area contributed by atoms with E-state index in [9.17, 15) is 4.79 Å². The van der Waals surface area contributed by atoms with Crippen molar-refractivity contribution in [3.8, 4) is 0 Å². The van der Waals surface area contributed by atoms with Gasteiger partial charge < -0.3 is 15.0 Å². The molecule has 0 bridgehead atoms. The number of carbonyl (C=O) groups excluding carboxylic acids is 1. The summed E-state index contributed by atoms with van der Waals surface area (Å²) in [5.74, 6) is 0. The number of hydrogen-bond donors (Lipinski definition) is 1. The van der Waals surface area contributed by atoms with Crippen LogP contribution in [0.3, 0.4) is 0 Å². The third-order valence-electron chi connectivity index (χ3n) is 3.20. The number of anilines is 1. The van der Waals surface area contributed by atoms with E-state index in [1.165, 1.54) is 0 Å². The third kappa shape index (κ3) is 6.69. The quantitative estimate of drug-likeness (QED) is 0.829. The van der Waals surface area contributed by atoms with Gasteiger partial charge in [-0.1, -0.05) is 17.7 Å². The van der Waals surface area contributed by atoms with Crippen molar-refractivity contribution >= 4 is 23.4 Å². The molecule has 1 amide bonds. The van der Waals surface area contributed by atoms with Gasteiger partial charge in [0, 0.05) is 18.6 Å². The van der Waals surface area contributed by atoms with E-state index in [-0.39, 0.29) is 11.6 Å². The molecule has 1 N–H and O–H groups in total. The lowest BCUT2D eigenvalue weighted by Gasteiger charge is -2.37. The second-order valence-corrected chi connectivity index (χ2v) is 8.12. The van der Waals surface area contributed by atoms with Crippen molar-refractivity contribution in [3.05, 3.63) is 28.8 Å². The number of ether oxygens (including phenoxy) is 1. The predicted molar refractivity (Wildman–Crippen MR) is 97.4 cm³/mol. The molecule has 130 valence electrons. The molecule has 0 saturated heterocycles. The highest BCUT2D eigenvalue weighted by Crippen LogP contribution is 2.23. The van der Waals surface area contributed by atoms with Gasteiger partial charge in [-0.05, 0) is 66.2 Å². The highest BCUT2D eigenvalue weighted by molar-refractivity contribution is 6.33. The Kier molecular flexibility index (Phi) is 6.34. The summed E-state index contributed by atoms with van der Waals surface area (Å²) in [4.78, 5) is 14.1. The molecule has 4 nitrogen and oxygen atoms in total. The molecule has 23 heavy (non-hydrogen) atoms. The minimum absolute atomic E-state index is 0.304. The Morgan fingerprint density at radius 1 is 1.22 bits per heavy atom. The number of carbonyl (C=O) groups is 1. The second kappa shape index (κ2) is 7.43. The lowest BCUT2D eigenvalue weighted by atomic mass is 10.1. The maximum Gasteiger partial charge on any atom is 0.410 e. The highest BCUT2D eigenvalue weighted by Gasteiger charge is 2.30.